The minimum absolute atomic E-state index is 0.223. The lowest BCUT2D eigenvalue weighted by atomic mass is 10.1. The molecule has 0 bridgehead atoms. The standard InChI is InChI=1S/C19H19Cl3N4O2/c1-5-13-16(25-18(27)28-19(2,3)4)26-9-14(22)24-15(17(26)23-13)11-7-6-10(20)8-12(11)21/h6-9H,5H2,1-4H3,(H,25,27). The second kappa shape index (κ2) is 7.78. The highest BCUT2D eigenvalue weighted by atomic mass is 35.5. The van der Waals surface area contributed by atoms with Crippen molar-refractivity contribution in [3.63, 3.8) is 0 Å². The molecule has 0 aliphatic rings. The Morgan fingerprint density at radius 3 is 2.54 bits per heavy atom. The van der Waals surface area contributed by atoms with Crippen LogP contribution in [0.4, 0.5) is 10.6 Å². The average Bonchev–Trinajstić information content (AvgIpc) is 2.90. The maximum Gasteiger partial charge on any atom is 0.413 e. The fraction of sp³-hybridized carbons (Fsp3) is 0.316. The second-order valence-corrected chi connectivity index (χ2v) is 8.35. The van der Waals surface area contributed by atoms with Gasteiger partial charge >= 0.3 is 6.09 Å². The van der Waals surface area contributed by atoms with Gasteiger partial charge < -0.3 is 4.74 Å². The first-order valence-corrected chi connectivity index (χ1v) is 9.75. The molecule has 28 heavy (non-hydrogen) atoms. The zero-order valence-corrected chi connectivity index (χ0v) is 18.1. The van der Waals surface area contributed by atoms with E-state index < -0.39 is 11.7 Å². The second-order valence-electron chi connectivity index (χ2n) is 7.12. The monoisotopic (exact) mass is 440 g/mol. The van der Waals surface area contributed by atoms with Gasteiger partial charge in [0, 0.05) is 16.8 Å². The van der Waals surface area contributed by atoms with Crippen LogP contribution in [0.25, 0.3) is 16.9 Å². The summed E-state index contributed by atoms with van der Waals surface area (Å²) in [5, 5.41) is 3.93. The predicted molar refractivity (Wildman–Crippen MR) is 113 cm³/mol. The number of aromatic nitrogens is 3. The van der Waals surface area contributed by atoms with Gasteiger partial charge in [-0.15, -0.1) is 0 Å². The summed E-state index contributed by atoms with van der Waals surface area (Å²) in [7, 11) is 0. The van der Waals surface area contributed by atoms with E-state index in [-0.39, 0.29) is 5.15 Å². The van der Waals surface area contributed by atoms with Crippen molar-refractivity contribution >= 4 is 52.4 Å². The molecule has 0 atom stereocenters. The molecule has 0 aliphatic carbocycles. The molecule has 0 unspecified atom stereocenters. The van der Waals surface area contributed by atoms with Gasteiger partial charge in [-0.25, -0.2) is 14.8 Å². The molecule has 3 aromatic rings. The fourth-order valence-corrected chi connectivity index (χ4v) is 3.39. The molecule has 0 radical (unpaired) electrons. The molecular formula is C19H19Cl3N4O2. The lowest BCUT2D eigenvalue weighted by molar-refractivity contribution is 0.0635. The number of hydrogen-bond acceptors (Lipinski definition) is 4. The van der Waals surface area contributed by atoms with E-state index >= 15 is 0 Å². The van der Waals surface area contributed by atoms with Gasteiger partial charge in [0.1, 0.15) is 22.3 Å². The van der Waals surface area contributed by atoms with Crippen LogP contribution in [0.15, 0.2) is 24.4 Å². The summed E-state index contributed by atoms with van der Waals surface area (Å²) in [6.45, 7) is 7.32. The lowest BCUT2D eigenvalue weighted by Crippen LogP contribution is -2.27. The van der Waals surface area contributed by atoms with Crippen LogP contribution < -0.4 is 5.32 Å². The molecule has 0 spiro atoms. The number of ether oxygens (including phenoxy) is 1. The molecule has 1 amide bonds. The third kappa shape index (κ3) is 4.35. The number of nitrogens with one attached hydrogen (secondary N) is 1. The number of halogens is 3. The third-order valence-electron chi connectivity index (χ3n) is 3.79. The Balaban J connectivity index is 2.17. The molecule has 0 aliphatic heterocycles. The summed E-state index contributed by atoms with van der Waals surface area (Å²) in [5.41, 5.74) is 1.67. The average molecular weight is 442 g/mol. The van der Waals surface area contributed by atoms with Gasteiger partial charge in [-0.3, -0.25) is 9.72 Å². The van der Waals surface area contributed by atoms with Crippen LogP contribution in [0, 0.1) is 0 Å². The summed E-state index contributed by atoms with van der Waals surface area (Å²) >= 11 is 18.6. The van der Waals surface area contributed by atoms with E-state index in [9.17, 15) is 4.79 Å². The van der Waals surface area contributed by atoms with E-state index in [0.717, 1.165) is 0 Å². The van der Waals surface area contributed by atoms with Gasteiger partial charge in [0.2, 0.25) is 0 Å². The van der Waals surface area contributed by atoms with E-state index in [1.165, 1.54) is 0 Å². The molecular weight excluding hydrogens is 423 g/mol. The summed E-state index contributed by atoms with van der Waals surface area (Å²) in [6.07, 6.45) is 1.59. The van der Waals surface area contributed by atoms with Crippen LogP contribution in [0.1, 0.15) is 33.4 Å². The number of benzene rings is 1. The highest BCUT2D eigenvalue weighted by Gasteiger charge is 2.22. The lowest BCUT2D eigenvalue weighted by Gasteiger charge is -2.19. The molecule has 2 aromatic heterocycles. The molecule has 3 rings (SSSR count). The van der Waals surface area contributed by atoms with Crippen molar-refractivity contribution in [2.75, 3.05) is 5.32 Å². The molecule has 148 valence electrons. The van der Waals surface area contributed by atoms with E-state index in [1.807, 2.05) is 6.92 Å². The van der Waals surface area contributed by atoms with Crippen molar-refractivity contribution in [2.24, 2.45) is 0 Å². The molecule has 1 aromatic carbocycles. The van der Waals surface area contributed by atoms with Crippen molar-refractivity contribution in [3.05, 3.63) is 45.3 Å². The molecule has 9 heteroatoms. The Morgan fingerprint density at radius 2 is 1.93 bits per heavy atom. The van der Waals surface area contributed by atoms with Crippen LogP contribution in [-0.2, 0) is 11.2 Å². The highest BCUT2D eigenvalue weighted by molar-refractivity contribution is 6.36. The van der Waals surface area contributed by atoms with E-state index in [1.54, 1.807) is 49.6 Å². The first kappa shape index (κ1) is 20.7. The number of amides is 1. The number of hydrogen-bond donors (Lipinski definition) is 1. The Bertz CT molecular complexity index is 1060. The van der Waals surface area contributed by atoms with Gasteiger partial charge in [-0.2, -0.15) is 0 Å². The predicted octanol–water partition coefficient (Wildman–Crippen LogP) is 6.27. The van der Waals surface area contributed by atoms with Crippen molar-refractivity contribution in [3.8, 4) is 11.3 Å². The minimum atomic E-state index is -0.627. The molecule has 0 saturated carbocycles. The maximum absolute atomic E-state index is 12.3. The highest BCUT2D eigenvalue weighted by Crippen LogP contribution is 2.34. The van der Waals surface area contributed by atoms with Crippen molar-refractivity contribution < 1.29 is 9.53 Å². The minimum Gasteiger partial charge on any atom is -0.444 e. The smallest absolute Gasteiger partial charge is 0.413 e. The number of carbonyl (C=O) groups is 1. The van der Waals surface area contributed by atoms with Gasteiger partial charge in [-0.05, 0) is 45.4 Å². The Labute approximate surface area is 177 Å². The van der Waals surface area contributed by atoms with Gasteiger partial charge in [0.25, 0.3) is 0 Å². The topological polar surface area (TPSA) is 68.5 Å². The van der Waals surface area contributed by atoms with Gasteiger partial charge in [0.15, 0.2) is 5.65 Å². The number of anilines is 1. The van der Waals surface area contributed by atoms with Crippen LogP contribution in [0.5, 0.6) is 0 Å². The molecule has 0 saturated heterocycles. The Morgan fingerprint density at radius 1 is 1.21 bits per heavy atom. The first-order valence-electron chi connectivity index (χ1n) is 8.62. The maximum atomic E-state index is 12.3. The normalized spacial score (nSPS) is 11.7. The number of rotatable bonds is 3. The van der Waals surface area contributed by atoms with E-state index in [2.05, 4.69) is 15.3 Å². The first-order chi connectivity index (χ1) is 13.1. The van der Waals surface area contributed by atoms with Crippen LogP contribution in [0.2, 0.25) is 15.2 Å². The van der Waals surface area contributed by atoms with Gasteiger partial charge in [0.05, 0.1) is 10.7 Å². The van der Waals surface area contributed by atoms with E-state index in [0.29, 0.717) is 44.9 Å². The van der Waals surface area contributed by atoms with Crippen molar-refractivity contribution in [1.82, 2.24) is 14.4 Å². The zero-order chi connectivity index (χ0) is 20.6. The summed E-state index contributed by atoms with van der Waals surface area (Å²) in [6, 6.07) is 5.09. The van der Waals surface area contributed by atoms with Crippen LogP contribution >= 0.6 is 34.8 Å². The summed E-state index contributed by atoms with van der Waals surface area (Å²) in [4.78, 5) is 21.4. The molecule has 0 fully saturated rings. The quantitative estimate of drug-likeness (QED) is 0.520. The van der Waals surface area contributed by atoms with Crippen LogP contribution in [0.3, 0.4) is 0 Å². The summed E-state index contributed by atoms with van der Waals surface area (Å²) < 4.78 is 7.04. The fourth-order valence-electron chi connectivity index (χ4n) is 2.71. The van der Waals surface area contributed by atoms with Crippen molar-refractivity contribution in [1.29, 1.82) is 0 Å². The molecule has 1 N–H and O–H groups in total. The SMILES string of the molecule is CCc1nc2c(-c3ccc(Cl)cc3Cl)nc(Cl)cn2c1NC(=O)OC(C)(C)C. The Kier molecular flexibility index (Phi) is 5.75. The summed E-state index contributed by atoms with van der Waals surface area (Å²) in [5.74, 6) is 0.474. The third-order valence-corrected chi connectivity index (χ3v) is 4.52. The van der Waals surface area contributed by atoms with E-state index in [4.69, 9.17) is 39.5 Å². The van der Waals surface area contributed by atoms with Gasteiger partial charge in [-0.1, -0.05) is 41.7 Å². The number of fused-ring (bicyclic) bond motifs is 1. The zero-order valence-electron chi connectivity index (χ0n) is 15.8. The number of nitrogens with zero attached hydrogens (tertiary/aromatic N) is 3. The molecule has 2 heterocycles. The number of aryl methyl sites for hydroxylation is 1. The Hall–Kier alpha value is -2.02. The number of carbonyl (C=O) groups excluding carboxylic acids is 1. The van der Waals surface area contributed by atoms with Crippen LogP contribution in [-0.4, -0.2) is 26.1 Å². The van der Waals surface area contributed by atoms with Crippen molar-refractivity contribution in [2.45, 2.75) is 39.7 Å². The molecule has 6 nitrogen and oxygen atoms in total. The number of imidazole rings is 1. The largest absolute Gasteiger partial charge is 0.444 e.